The second-order valence-corrected chi connectivity index (χ2v) is 7.74. The Labute approximate surface area is 141 Å². The fourth-order valence-corrected chi connectivity index (χ4v) is 4.31. The van der Waals surface area contributed by atoms with Gasteiger partial charge in [0.2, 0.25) is 0 Å². The number of piperidine rings is 1. The zero-order valence-electron chi connectivity index (χ0n) is 13.5. The first-order chi connectivity index (χ1) is 11.6. The summed E-state index contributed by atoms with van der Waals surface area (Å²) in [5.41, 5.74) is -0.250. The van der Waals surface area contributed by atoms with Crippen molar-refractivity contribution in [3.63, 3.8) is 0 Å². The molecule has 0 aromatic carbocycles. The van der Waals surface area contributed by atoms with Crippen molar-refractivity contribution < 1.29 is 13.2 Å². The fourth-order valence-electron chi connectivity index (χ4n) is 3.09. The van der Waals surface area contributed by atoms with Gasteiger partial charge in [-0.2, -0.15) is 17.8 Å². The first-order valence-corrected chi connectivity index (χ1v) is 9.65. The number of rotatable bonds is 5. The molecular weight excluding hydrogens is 334 g/mol. The lowest BCUT2D eigenvalue weighted by Gasteiger charge is -2.37. The van der Waals surface area contributed by atoms with E-state index in [1.807, 2.05) is 0 Å². The van der Waals surface area contributed by atoms with Gasteiger partial charge in [-0.15, -0.1) is 0 Å². The molecule has 10 heteroatoms. The summed E-state index contributed by atoms with van der Waals surface area (Å²) in [5, 5.41) is 6.50. The number of aromatic amines is 1. The number of nitrogens with one attached hydrogen (secondary N) is 2. The molecule has 1 atom stereocenters. The summed E-state index contributed by atoms with van der Waals surface area (Å²) in [6.45, 7) is 2.73. The van der Waals surface area contributed by atoms with Gasteiger partial charge in [0, 0.05) is 38.3 Å². The molecule has 9 nitrogen and oxygen atoms in total. The van der Waals surface area contributed by atoms with Gasteiger partial charge in [-0.1, -0.05) is 0 Å². The second kappa shape index (κ2) is 7.60. The van der Waals surface area contributed by atoms with Crippen molar-refractivity contribution in [3.05, 3.63) is 22.5 Å². The lowest BCUT2D eigenvalue weighted by Crippen LogP contribution is -2.52. The average Bonchev–Trinajstić information content (AvgIpc) is 2.62. The van der Waals surface area contributed by atoms with Crippen molar-refractivity contribution >= 4 is 16.0 Å². The predicted octanol–water partition coefficient (Wildman–Crippen LogP) is -0.705. The van der Waals surface area contributed by atoms with Crippen molar-refractivity contribution in [2.24, 2.45) is 0 Å². The molecule has 1 aromatic heterocycles. The Morgan fingerprint density at radius 1 is 1.25 bits per heavy atom. The SMILES string of the molecule is O=c1ccc(N2CCCCC2CNS(=O)(=O)N2CCOCC2)n[nH]1. The van der Waals surface area contributed by atoms with Crippen LogP contribution >= 0.6 is 0 Å². The molecule has 2 aliphatic rings. The number of aromatic nitrogens is 2. The molecule has 1 unspecified atom stereocenters. The summed E-state index contributed by atoms with van der Waals surface area (Å²) in [7, 11) is -3.50. The van der Waals surface area contributed by atoms with E-state index in [4.69, 9.17) is 4.74 Å². The quantitative estimate of drug-likeness (QED) is 0.721. The van der Waals surface area contributed by atoms with Crippen molar-refractivity contribution in [2.75, 3.05) is 44.3 Å². The van der Waals surface area contributed by atoms with Crippen LogP contribution < -0.4 is 15.2 Å². The summed E-state index contributed by atoms with van der Waals surface area (Å²) in [4.78, 5) is 13.2. The van der Waals surface area contributed by atoms with Crippen molar-refractivity contribution in [3.8, 4) is 0 Å². The van der Waals surface area contributed by atoms with E-state index in [-0.39, 0.29) is 11.6 Å². The third-order valence-corrected chi connectivity index (χ3v) is 5.97. The summed E-state index contributed by atoms with van der Waals surface area (Å²) in [6.07, 6.45) is 2.95. The van der Waals surface area contributed by atoms with E-state index in [2.05, 4.69) is 19.8 Å². The Morgan fingerprint density at radius 3 is 2.75 bits per heavy atom. The molecule has 0 amide bonds. The standard InChI is InChI=1S/C14H23N5O4S/c20-14-5-4-13(16-17-14)19-6-2-1-3-12(19)11-15-24(21,22)18-7-9-23-10-8-18/h4-5,12,15H,1-3,6-11H2,(H,17,20). The van der Waals surface area contributed by atoms with Crippen LogP contribution in [0.2, 0.25) is 0 Å². The van der Waals surface area contributed by atoms with E-state index in [0.717, 1.165) is 25.8 Å². The van der Waals surface area contributed by atoms with Gasteiger partial charge >= 0.3 is 0 Å². The van der Waals surface area contributed by atoms with E-state index < -0.39 is 10.2 Å². The van der Waals surface area contributed by atoms with Crippen LogP contribution in [0, 0.1) is 0 Å². The van der Waals surface area contributed by atoms with Crippen molar-refractivity contribution in [1.29, 1.82) is 0 Å². The van der Waals surface area contributed by atoms with Gasteiger partial charge in [0.1, 0.15) is 5.82 Å². The lowest BCUT2D eigenvalue weighted by atomic mass is 10.0. The topological polar surface area (TPSA) is 108 Å². The largest absolute Gasteiger partial charge is 0.379 e. The molecule has 3 heterocycles. The fraction of sp³-hybridized carbons (Fsp3) is 0.714. The van der Waals surface area contributed by atoms with Crippen molar-refractivity contribution in [2.45, 2.75) is 25.3 Å². The molecule has 24 heavy (non-hydrogen) atoms. The summed E-state index contributed by atoms with van der Waals surface area (Å²) in [6, 6.07) is 3.13. The summed E-state index contributed by atoms with van der Waals surface area (Å²) < 4.78 is 34.1. The highest BCUT2D eigenvalue weighted by atomic mass is 32.2. The number of morpholine rings is 1. The molecule has 2 fully saturated rings. The smallest absolute Gasteiger partial charge is 0.279 e. The minimum absolute atomic E-state index is 0.0213. The third kappa shape index (κ3) is 4.12. The zero-order valence-corrected chi connectivity index (χ0v) is 14.3. The minimum atomic E-state index is -3.50. The van der Waals surface area contributed by atoms with Crippen LogP contribution in [0.25, 0.3) is 0 Å². The van der Waals surface area contributed by atoms with Crippen molar-refractivity contribution in [1.82, 2.24) is 19.2 Å². The first-order valence-electron chi connectivity index (χ1n) is 8.21. The monoisotopic (exact) mass is 357 g/mol. The Bertz CT molecular complexity index is 681. The average molecular weight is 357 g/mol. The van der Waals surface area contributed by atoms with Gasteiger partial charge in [0.25, 0.3) is 15.8 Å². The van der Waals surface area contributed by atoms with Crippen LogP contribution in [0.4, 0.5) is 5.82 Å². The molecule has 0 aliphatic carbocycles. The molecule has 2 aliphatic heterocycles. The number of hydrogen-bond donors (Lipinski definition) is 2. The maximum absolute atomic E-state index is 12.4. The molecule has 0 radical (unpaired) electrons. The molecule has 134 valence electrons. The minimum Gasteiger partial charge on any atom is -0.379 e. The number of nitrogens with zero attached hydrogens (tertiary/aromatic N) is 3. The van der Waals surface area contributed by atoms with E-state index in [9.17, 15) is 13.2 Å². The Balaban J connectivity index is 1.65. The highest BCUT2D eigenvalue weighted by molar-refractivity contribution is 7.87. The maximum Gasteiger partial charge on any atom is 0.279 e. The third-order valence-electron chi connectivity index (χ3n) is 4.40. The molecule has 1 aromatic rings. The lowest BCUT2D eigenvalue weighted by molar-refractivity contribution is 0.0724. The second-order valence-electron chi connectivity index (χ2n) is 5.99. The molecule has 0 bridgehead atoms. The summed E-state index contributed by atoms with van der Waals surface area (Å²) >= 11 is 0. The zero-order chi connectivity index (χ0) is 17.0. The van der Waals surface area contributed by atoms with Crippen LogP contribution in [-0.2, 0) is 14.9 Å². The summed E-state index contributed by atoms with van der Waals surface area (Å²) in [5.74, 6) is 0.671. The van der Waals surface area contributed by atoms with Gasteiger partial charge in [-0.3, -0.25) is 4.79 Å². The van der Waals surface area contributed by atoms with Crippen LogP contribution in [0.1, 0.15) is 19.3 Å². The molecule has 0 saturated carbocycles. The Morgan fingerprint density at radius 2 is 2.04 bits per heavy atom. The molecule has 0 spiro atoms. The number of ether oxygens (including phenoxy) is 1. The van der Waals surface area contributed by atoms with E-state index in [1.165, 1.54) is 10.4 Å². The van der Waals surface area contributed by atoms with Gasteiger partial charge < -0.3 is 9.64 Å². The van der Waals surface area contributed by atoms with Crippen LogP contribution in [0.15, 0.2) is 16.9 Å². The van der Waals surface area contributed by atoms with Gasteiger partial charge in [0.15, 0.2) is 0 Å². The first kappa shape index (κ1) is 17.3. The molecular formula is C14H23N5O4S. The predicted molar refractivity (Wildman–Crippen MR) is 89.2 cm³/mol. The Hall–Kier alpha value is -1.49. The molecule has 3 rings (SSSR count). The van der Waals surface area contributed by atoms with E-state index in [1.54, 1.807) is 6.07 Å². The highest BCUT2D eigenvalue weighted by Gasteiger charge is 2.28. The Kier molecular flexibility index (Phi) is 5.49. The highest BCUT2D eigenvalue weighted by Crippen LogP contribution is 2.22. The number of anilines is 1. The maximum atomic E-state index is 12.4. The molecule has 2 saturated heterocycles. The number of H-pyrrole nitrogens is 1. The normalized spacial score (nSPS) is 23.3. The molecule has 2 N–H and O–H groups in total. The van der Waals surface area contributed by atoms with Gasteiger partial charge in [0.05, 0.1) is 13.2 Å². The van der Waals surface area contributed by atoms with Gasteiger partial charge in [-0.25, -0.2) is 9.82 Å². The van der Waals surface area contributed by atoms with Gasteiger partial charge in [-0.05, 0) is 25.3 Å². The van der Waals surface area contributed by atoms with E-state index in [0.29, 0.717) is 38.7 Å². The van der Waals surface area contributed by atoms with Crippen LogP contribution in [0.3, 0.4) is 0 Å². The van der Waals surface area contributed by atoms with E-state index >= 15 is 0 Å². The van der Waals surface area contributed by atoms with Crippen LogP contribution in [-0.4, -0.2) is 68.4 Å². The van der Waals surface area contributed by atoms with Crippen LogP contribution in [0.5, 0.6) is 0 Å². The number of hydrogen-bond acceptors (Lipinski definition) is 6.